The smallest absolute Gasteiger partial charge is 0.236 e. The van der Waals surface area contributed by atoms with Crippen LogP contribution >= 0.6 is 0 Å². The van der Waals surface area contributed by atoms with Crippen LogP contribution < -0.4 is 10.6 Å². The zero-order valence-corrected chi connectivity index (χ0v) is 11.3. The summed E-state index contributed by atoms with van der Waals surface area (Å²) in [5.41, 5.74) is 1.80. The lowest BCUT2D eigenvalue weighted by molar-refractivity contribution is -0.122. The number of amides is 1. The van der Waals surface area contributed by atoms with Gasteiger partial charge in [-0.15, -0.1) is 0 Å². The van der Waals surface area contributed by atoms with E-state index in [-0.39, 0.29) is 11.9 Å². The Labute approximate surface area is 111 Å². The van der Waals surface area contributed by atoms with E-state index in [1.54, 1.807) is 13.2 Å². The molecule has 6 nitrogen and oxygen atoms in total. The van der Waals surface area contributed by atoms with Crippen LogP contribution in [0, 0.1) is 6.92 Å². The van der Waals surface area contributed by atoms with Crippen LogP contribution in [0.3, 0.4) is 0 Å². The van der Waals surface area contributed by atoms with Gasteiger partial charge in [0.2, 0.25) is 5.91 Å². The van der Waals surface area contributed by atoms with E-state index in [2.05, 4.69) is 20.8 Å². The number of H-pyrrole nitrogens is 1. The maximum absolute atomic E-state index is 11.4. The summed E-state index contributed by atoms with van der Waals surface area (Å²) in [4.78, 5) is 11.4. The van der Waals surface area contributed by atoms with E-state index in [9.17, 15) is 4.79 Å². The molecule has 0 radical (unpaired) electrons. The minimum atomic E-state index is -0.258. The third-order valence-electron chi connectivity index (χ3n) is 2.94. The topological polar surface area (TPSA) is 83.0 Å². The van der Waals surface area contributed by atoms with Gasteiger partial charge in [-0.2, -0.15) is 5.10 Å². The zero-order chi connectivity index (χ0) is 13.8. The van der Waals surface area contributed by atoms with E-state index in [4.69, 9.17) is 4.42 Å². The SMILES string of the molecule is CNC(=O)C(C)NCc1cn[nH]c1-c1ccc(C)o1. The highest BCUT2D eigenvalue weighted by molar-refractivity contribution is 5.80. The van der Waals surface area contributed by atoms with Crippen LogP contribution in [0.1, 0.15) is 18.2 Å². The van der Waals surface area contributed by atoms with E-state index < -0.39 is 0 Å². The zero-order valence-electron chi connectivity index (χ0n) is 11.3. The summed E-state index contributed by atoms with van der Waals surface area (Å²) in [6.45, 7) is 4.25. The van der Waals surface area contributed by atoms with E-state index in [0.717, 1.165) is 22.8 Å². The highest BCUT2D eigenvalue weighted by atomic mass is 16.3. The lowest BCUT2D eigenvalue weighted by atomic mass is 10.2. The first-order valence-electron chi connectivity index (χ1n) is 6.16. The van der Waals surface area contributed by atoms with Gasteiger partial charge < -0.3 is 15.1 Å². The average Bonchev–Trinajstić information content (AvgIpc) is 3.03. The van der Waals surface area contributed by atoms with Gasteiger partial charge >= 0.3 is 0 Å². The summed E-state index contributed by atoms with van der Waals surface area (Å²) in [6.07, 6.45) is 1.73. The van der Waals surface area contributed by atoms with E-state index in [1.165, 1.54) is 0 Å². The van der Waals surface area contributed by atoms with Crippen molar-refractivity contribution in [1.82, 2.24) is 20.8 Å². The van der Waals surface area contributed by atoms with Crippen LogP contribution in [0.15, 0.2) is 22.7 Å². The minimum Gasteiger partial charge on any atom is -0.460 e. The predicted molar refractivity (Wildman–Crippen MR) is 71.4 cm³/mol. The Bertz CT molecular complexity index is 558. The fourth-order valence-corrected chi connectivity index (χ4v) is 1.80. The summed E-state index contributed by atoms with van der Waals surface area (Å²) in [5, 5.41) is 12.7. The maximum Gasteiger partial charge on any atom is 0.236 e. The molecule has 3 N–H and O–H groups in total. The fourth-order valence-electron chi connectivity index (χ4n) is 1.80. The van der Waals surface area contributed by atoms with Crippen molar-refractivity contribution in [2.45, 2.75) is 26.4 Å². The van der Waals surface area contributed by atoms with Crippen molar-refractivity contribution in [2.75, 3.05) is 7.05 Å². The molecular weight excluding hydrogens is 244 g/mol. The number of aromatic amines is 1. The lowest BCUT2D eigenvalue weighted by Crippen LogP contribution is -2.40. The molecule has 2 rings (SSSR count). The molecular formula is C13H18N4O2. The van der Waals surface area contributed by atoms with Crippen molar-refractivity contribution in [2.24, 2.45) is 0 Å². The van der Waals surface area contributed by atoms with Gasteiger partial charge in [-0.25, -0.2) is 0 Å². The van der Waals surface area contributed by atoms with Gasteiger partial charge in [0.05, 0.1) is 12.2 Å². The second-order valence-corrected chi connectivity index (χ2v) is 4.40. The molecule has 2 heterocycles. The second kappa shape index (κ2) is 5.71. The molecule has 0 aliphatic carbocycles. The number of carbonyl (C=O) groups excluding carboxylic acids is 1. The fraction of sp³-hybridized carbons (Fsp3) is 0.385. The Kier molecular flexibility index (Phi) is 4.01. The molecule has 19 heavy (non-hydrogen) atoms. The van der Waals surface area contributed by atoms with Crippen LogP contribution in [-0.2, 0) is 11.3 Å². The largest absolute Gasteiger partial charge is 0.460 e. The molecule has 0 aliphatic heterocycles. The highest BCUT2D eigenvalue weighted by Gasteiger charge is 2.14. The van der Waals surface area contributed by atoms with Crippen LogP contribution in [-0.4, -0.2) is 29.2 Å². The van der Waals surface area contributed by atoms with Gasteiger partial charge in [0.25, 0.3) is 0 Å². The number of hydrogen-bond acceptors (Lipinski definition) is 4. The highest BCUT2D eigenvalue weighted by Crippen LogP contribution is 2.23. The predicted octanol–water partition coefficient (Wildman–Crippen LogP) is 1.20. The van der Waals surface area contributed by atoms with Crippen molar-refractivity contribution in [3.8, 4) is 11.5 Å². The molecule has 102 valence electrons. The van der Waals surface area contributed by atoms with Crippen LogP contribution in [0.5, 0.6) is 0 Å². The number of carbonyl (C=O) groups is 1. The number of rotatable bonds is 5. The summed E-state index contributed by atoms with van der Waals surface area (Å²) in [5.74, 6) is 1.56. The summed E-state index contributed by atoms with van der Waals surface area (Å²) < 4.78 is 5.57. The Morgan fingerprint density at radius 2 is 2.32 bits per heavy atom. The Balaban J connectivity index is 2.06. The molecule has 0 bridgehead atoms. The molecule has 2 aromatic rings. The number of nitrogens with zero attached hydrogens (tertiary/aromatic N) is 1. The summed E-state index contributed by atoms with van der Waals surface area (Å²) >= 11 is 0. The molecule has 0 aliphatic rings. The van der Waals surface area contributed by atoms with Gasteiger partial charge in [-0.1, -0.05) is 0 Å². The Morgan fingerprint density at radius 1 is 1.53 bits per heavy atom. The van der Waals surface area contributed by atoms with Gasteiger partial charge in [0, 0.05) is 19.2 Å². The monoisotopic (exact) mass is 262 g/mol. The Morgan fingerprint density at radius 3 is 2.95 bits per heavy atom. The second-order valence-electron chi connectivity index (χ2n) is 4.40. The maximum atomic E-state index is 11.4. The molecule has 6 heteroatoms. The minimum absolute atomic E-state index is 0.0427. The number of furan rings is 1. The van der Waals surface area contributed by atoms with Gasteiger partial charge in [0.1, 0.15) is 11.5 Å². The third-order valence-corrected chi connectivity index (χ3v) is 2.94. The van der Waals surface area contributed by atoms with Crippen LogP contribution in [0.25, 0.3) is 11.5 Å². The van der Waals surface area contributed by atoms with Crippen molar-refractivity contribution in [1.29, 1.82) is 0 Å². The van der Waals surface area contributed by atoms with Crippen molar-refractivity contribution >= 4 is 5.91 Å². The number of likely N-dealkylation sites (N-methyl/N-ethyl adjacent to an activating group) is 1. The van der Waals surface area contributed by atoms with E-state index in [0.29, 0.717) is 6.54 Å². The number of aromatic nitrogens is 2. The molecule has 0 saturated heterocycles. The van der Waals surface area contributed by atoms with Gasteiger partial charge in [0.15, 0.2) is 5.76 Å². The standard InChI is InChI=1S/C13H18N4O2/c1-8-4-5-11(19-8)12-10(7-16-17-12)6-15-9(2)13(18)14-3/h4-5,7,9,15H,6H2,1-3H3,(H,14,18)(H,16,17). The molecule has 1 amide bonds. The molecule has 0 fully saturated rings. The average molecular weight is 262 g/mol. The molecule has 0 aromatic carbocycles. The van der Waals surface area contributed by atoms with Crippen molar-refractivity contribution in [3.63, 3.8) is 0 Å². The summed E-state index contributed by atoms with van der Waals surface area (Å²) in [6, 6.07) is 3.54. The molecule has 0 spiro atoms. The van der Waals surface area contributed by atoms with Crippen LogP contribution in [0.2, 0.25) is 0 Å². The van der Waals surface area contributed by atoms with Crippen molar-refractivity contribution < 1.29 is 9.21 Å². The number of aryl methyl sites for hydroxylation is 1. The Hall–Kier alpha value is -2.08. The first-order chi connectivity index (χ1) is 9.11. The molecule has 0 saturated carbocycles. The quantitative estimate of drug-likeness (QED) is 0.756. The first kappa shape index (κ1) is 13.4. The molecule has 2 aromatic heterocycles. The number of hydrogen-bond donors (Lipinski definition) is 3. The molecule has 1 unspecified atom stereocenters. The molecule has 1 atom stereocenters. The van der Waals surface area contributed by atoms with E-state index in [1.807, 2.05) is 26.0 Å². The van der Waals surface area contributed by atoms with Gasteiger partial charge in [-0.3, -0.25) is 9.89 Å². The first-order valence-corrected chi connectivity index (χ1v) is 6.16. The van der Waals surface area contributed by atoms with Gasteiger partial charge in [-0.05, 0) is 26.0 Å². The van der Waals surface area contributed by atoms with Crippen LogP contribution in [0.4, 0.5) is 0 Å². The third kappa shape index (κ3) is 3.03. The van der Waals surface area contributed by atoms with Crippen molar-refractivity contribution in [3.05, 3.63) is 29.7 Å². The summed E-state index contributed by atoms with van der Waals surface area (Å²) in [7, 11) is 1.62. The van der Waals surface area contributed by atoms with E-state index >= 15 is 0 Å². The number of nitrogens with one attached hydrogen (secondary N) is 3. The lowest BCUT2D eigenvalue weighted by Gasteiger charge is -2.11. The normalized spacial score (nSPS) is 12.4.